The van der Waals surface area contributed by atoms with Gasteiger partial charge in [0.25, 0.3) is 5.91 Å². The lowest BCUT2D eigenvalue weighted by atomic mass is 9.78. The van der Waals surface area contributed by atoms with E-state index in [0.29, 0.717) is 17.9 Å². The molecule has 1 amide bonds. The minimum absolute atomic E-state index is 0.185. The fraction of sp³-hybridized carbons (Fsp3) is 0.667. The summed E-state index contributed by atoms with van der Waals surface area (Å²) in [7, 11) is 1.78. The Kier molecular flexibility index (Phi) is 4.38. The molecule has 0 saturated heterocycles. The summed E-state index contributed by atoms with van der Waals surface area (Å²) in [5.74, 6) is 0.536. The van der Waals surface area contributed by atoms with E-state index in [1.807, 2.05) is 0 Å². The zero-order valence-corrected chi connectivity index (χ0v) is 12.4. The average molecular weight is 279 g/mol. The molecule has 0 bridgehead atoms. The van der Waals surface area contributed by atoms with Crippen molar-refractivity contribution in [3.8, 4) is 0 Å². The Hall–Kier alpha value is -1.49. The third-order valence-electron chi connectivity index (χ3n) is 4.45. The van der Waals surface area contributed by atoms with Crippen molar-refractivity contribution in [1.29, 1.82) is 0 Å². The molecule has 0 spiro atoms. The highest BCUT2D eigenvalue weighted by molar-refractivity contribution is 5.93. The molecule has 1 heterocycles. The van der Waals surface area contributed by atoms with Crippen LogP contribution < -0.4 is 11.1 Å². The Morgan fingerprint density at radius 2 is 2.20 bits per heavy atom. The lowest BCUT2D eigenvalue weighted by Crippen LogP contribution is -2.45. The van der Waals surface area contributed by atoms with Gasteiger partial charge in [-0.25, -0.2) is 0 Å². The first-order chi connectivity index (χ1) is 9.43. The van der Waals surface area contributed by atoms with E-state index < -0.39 is 5.60 Å². The first-order valence-corrected chi connectivity index (χ1v) is 7.36. The summed E-state index contributed by atoms with van der Waals surface area (Å²) in [6.45, 7) is 2.50. The Morgan fingerprint density at radius 1 is 1.55 bits per heavy atom. The Bertz CT molecular complexity index is 473. The van der Waals surface area contributed by atoms with Crippen molar-refractivity contribution in [3.63, 3.8) is 0 Å². The minimum Gasteiger partial charge on any atom is -0.397 e. The molecule has 1 fully saturated rings. The molecule has 0 aliphatic heterocycles. The molecule has 1 aromatic heterocycles. The van der Waals surface area contributed by atoms with Gasteiger partial charge in [0.05, 0.1) is 11.3 Å². The predicted octanol–water partition coefficient (Wildman–Crippen LogP) is 1.67. The maximum atomic E-state index is 12.1. The summed E-state index contributed by atoms with van der Waals surface area (Å²) in [5.41, 5.74) is 6.00. The molecule has 112 valence electrons. The van der Waals surface area contributed by atoms with E-state index in [-0.39, 0.29) is 5.91 Å². The zero-order chi connectivity index (χ0) is 14.8. The van der Waals surface area contributed by atoms with Gasteiger partial charge >= 0.3 is 0 Å². The molecule has 2 rings (SSSR count). The number of nitrogens with one attached hydrogen (secondary N) is 1. The van der Waals surface area contributed by atoms with Crippen molar-refractivity contribution >= 4 is 11.6 Å². The number of hydrogen-bond acceptors (Lipinski definition) is 3. The van der Waals surface area contributed by atoms with E-state index in [0.717, 1.165) is 31.6 Å². The molecule has 4 N–H and O–H groups in total. The van der Waals surface area contributed by atoms with Crippen molar-refractivity contribution in [2.45, 2.75) is 44.6 Å². The molecule has 1 aromatic rings. The standard InChI is InChI=1S/C15H25N3O2/c1-3-11-4-6-15(20,7-5-11)10-17-14(19)13-8-12(16)9-18(13)2/h8-9,11,20H,3-7,10,16H2,1-2H3,(H,17,19). The van der Waals surface area contributed by atoms with Crippen LogP contribution >= 0.6 is 0 Å². The number of nitrogen functional groups attached to an aromatic ring is 1. The van der Waals surface area contributed by atoms with Crippen LogP contribution in [0.1, 0.15) is 49.5 Å². The van der Waals surface area contributed by atoms with Crippen molar-refractivity contribution in [1.82, 2.24) is 9.88 Å². The van der Waals surface area contributed by atoms with Crippen molar-refractivity contribution in [2.75, 3.05) is 12.3 Å². The maximum Gasteiger partial charge on any atom is 0.268 e. The number of aromatic nitrogens is 1. The molecule has 5 heteroatoms. The predicted molar refractivity (Wildman–Crippen MR) is 79.4 cm³/mol. The normalized spacial score (nSPS) is 26.4. The highest BCUT2D eigenvalue weighted by Crippen LogP contribution is 2.33. The molecule has 0 atom stereocenters. The van der Waals surface area contributed by atoms with E-state index in [2.05, 4.69) is 12.2 Å². The minimum atomic E-state index is -0.752. The lowest BCUT2D eigenvalue weighted by molar-refractivity contribution is -0.00792. The first-order valence-electron chi connectivity index (χ1n) is 7.36. The second kappa shape index (κ2) is 5.87. The summed E-state index contributed by atoms with van der Waals surface area (Å²) < 4.78 is 1.70. The highest BCUT2D eigenvalue weighted by Gasteiger charge is 2.33. The molecule has 0 unspecified atom stereocenters. The number of anilines is 1. The van der Waals surface area contributed by atoms with Gasteiger partial charge in [-0.2, -0.15) is 0 Å². The smallest absolute Gasteiger partial charge is 0.268 e. The molecule has 0 radical (unpaired) electrons. The molecule has 0 aromatic carbocycles. The van der Waals surface area contributed by atoms with Crippen molar-refractivity contribution in [3.05, 3.63) is 18.0 Å². The van der Waals surface area contributed by atoms with Crippen LogP contribution in [0.2, 0.25) is 0 Å². The van der Waals surface area contributed by atoms with Crippen LogP contribution in [-0.2, 0) is 7.05 Å². The third kappa shape index (κ3) is 3.33. The molecule has 1 aliphatic rings. The van der Waals surface area contributed by atoms with E-state index in [1.165, 1.54) is 6.42 Å². The van der Waals surface area contributed by atoms with E-state index in [9.17, 15) is 9.90 Å². The van der Waals surface area contributed by atoms with Gasteiger partial charge < -0.3 is 20.7 Å². The average Bonchev–Trinajstić information content (AvgIpc) is 2.76. The van der Waals surface area contributed by atoms with E-state index in [1.54, 1.807) is 23.9 Å². The SMILES string of the molecule is CCC1CCC(O)(CNC(=O)c2cc(N)cn2C)CC1. The van der Waals surface area contributed by atoms with Crippen LogP contribution in [0.25, 0.3) is 0 Å². The van der Waals surface area contributed by atoms with Gasteiger partial charge in [-0.3, -0.25) is 4.79 Å². The number of rotatable bonds is 4. The van der Waals surface area contributed by atoms with Gasteiger partial charge in [0, 0.05) is 19.8 Å². The number of nitrogens with zero attached hydrogens (tertiary/aromatic N) is 1. The van der Waals surface area contributed by atoms with Crippen LogP contribution in [0, 0.1) is 5.92 Å². The lowest BCUT2D eigenvalue weighted by Gasteiger charge is -2.35. The molecule has 1 saturated carbocycles. The van der Waals surface area contributed by atoms with Gasteiger partial charge in [0.2, 0.25) is 0 Å². The molecular formula is C15H25N3O2. The molecule has 20 heavy (non-hydrogen) atoms. The maximum absolute atomic E-state index is 12.1. The summed E-state index contributed by atoms with van der Waals surface area (Å²) in [6.07, 6.45) is 6.49. The monoisotopic (exact) mass is 279 g/mol. The van der Waals surface area contributed by atoms with Gasteiger partial charge in [-0.05, 0) is 37.7 Å². The van der Waals surface area contributed by atoms with Gasteiger partial charge in [-0.1, -0.05) is 13.3 Å². The molecule has 1 aliphatic carbocycles. The van der Waals surface area contributed by atoms with Crippen molar-refractivity contribution < 1.29 is 9.90 Å². The van der Waals surface area contributed by atoms with E-state index in [4.69, 9.17) is 5.73 Å². The first kappa shape index (κ1) is 14.9. The summed E-state index contributed by atoms with van der Waals surface area (Å²) in [5, 5.41) is 13.3. The van der Waals surface area contributed by atoms with Crippen LogP contribution in [0.4, 0.5) is 5.69 Å². The van der Waals surface area contributed by atoms with Gasteiger partial charge in [-0.15, -0.1) is 0 Å². The number of amides is 1. The quantitative estimate of drug-likeness (QED) is 0.784. The number of carbonyl (C=O) groups is 1. The number of hydrogen-bond donors (Lipinski definition) is 3. The Balaban J connectivity index is 1.89. The highest BCUT2D eigenvalue weighted by atomic mass is 16.3. The topological polar surface area (TPSA) is 80.3 Å². The van der Waals surface area contributed by atoms with Crippen LogP contribution in [0.3, 0.4) is 0 Å². The fourth-order valence-corrected chi connectivity index (χ4v) is 2.95. The second-order valence-electron chi connectivity index (χ2n) is 6.03. The van der Waals surface area contributed by atoms with Crippen LogP contribution in [0.15, 0.2) is 12.3 Å². The fourth-order valence-electron chi connectivity index (χ4n) is 2.95. The van der Waals surface area contributed by atoms with Crippen molar-refractivity contribution in [2.24, 2.45) is 13.0 Å². The Labute approximate surface area is 120 Å². The van der Waals surface area contributed by atoms with Crippen LogP contribution in [0.5, 0.6) is 0 Å². The molecular weight excluding hydrogens is 254 g/mol. The Morgan fingerprint density at radius 3 is 2.70 bits per heavy atom. The second-order valence-corrected chi connectivity index (χ2v) is 6.03. The third-order valence-corrected chi connectivity index (χ3v) is 4.45. The summed E-state index contributed by atoms with van der Waals surface area (Å²) in [6, 6.07) is 1.65. The van der Waals surface area contributed by atoms with Crippen LogP contribution in [-0.4, -0.2) is 27.7 Å². The number of aliphatic hydroxyl groups is 1. The summed E-state index contributed by atoms with van der Waals surface area (Å²) in [4.78, 5) is 12.1. The number of carbonyl (C=O) groups excluding carboxylic acids is 1. The number of aryl methyl sites for hydroxylation is 1. The zero-order valence-electron chi connectivity index (χ0n) is 12.4. The van der Waals surface area contributed by atoms with Gasteiger partial charge in [0.15, 0.2) is 0 Å². The largest absolute Gasteiger partial charge is 0.397 e. The number of nitrogens with two attached hydrogens (primary N) is 1. The summed E-state index contributed by atoms with van der Waals surface area (Å²) >= 11 is 0. The molecule has 5 nitrogen and oxygen atoms in total. The van der Waals surface area contributed by atoms with E-state index >= 15 is 0 Å². The van der Waals surface area contributed by atoms with Gasteiger partial charge in [0.1, 0.15) is 5.69 Å².